The fourth-order valence-electron chi connectivity index (χ4n) is 0.231. The molecule has 0 amide bonds. The number of carbonyl (C=O) groups is 1. The molecule has 0 aromatic carbocycles. The van der Waals surface area contributed by atoms with E-state index < -0.39 is 11.1 Å². The van der Waals surface area contributed by atoms with Crippen LogP contribution in [0.2, 0.25) is 0 Å². The Morgan fingerprint density at radius 1 is 1.80 bits per heavy atom. The molecule has 0 radical (unpaired) electrons. The van der Waals surface area contributed by atoms with Gasteiger partial charge in [0.05, 0.1) is 6.61 Å². The van der Waals surface area contributed by atoms with Gasteiger partial charge in [-0.25, -0.2) is 4.79 Å². The normalized spacial score (nSPS) is 10.0. The van der Waals surface area contributed by atoms with Crippen LogP contribution in [0.3, 0.4) is 0 Å². The van der Waals surface area contributed by atoms with Crippen molar-refractivity contribution in [3.63, 3.8) is 0 Å². The van der Waals surface area contributed by atoms with Gasteiger partial charge < -0.3 is 9.94 Å². The van der Waals surface area contributed by atoms with Crippen LogP contribution in [0.5, 0.6) is 0 Å². The van der Waals surface area contributed by atoms with Crippen LogP contribution >= 0.6 is 11.6 Å². The first-order valence-corrected chi connectivity index (χ1v) is 2.64. The van der Waals surface area contributed by atoms with Crippen LogP contribution in [0.25, 0.3) is 0 Å². The number of ether oxygens (including phenoxy) is 1. The minimum atomic E-state index is -0.818. The second kappa shape index (κ2) is 7.34. The topological polar surface area (TPSA) is 58.9 Å². The average molecular weight is 176 g/mol. The van der Waals surface area contributed by atoms with Gasteiger partial charge in [-0.3, -0.25) is 0 Å². The van der Waals surface area contributed by atoms with Crippen LogP contribution < -0.4 is 0 Å². The molecule has 0 saturated heterocycles. The van der Waals surface area contributed by atoms with Gasteiger partial charge in [-0.15, -0.1) is 0 Å². The molecule has 0 aromatic rings. The van der Waals surface area contributed by atoms with E-state index in [0.717, 1.165) is 0 Å². The molecule has 1 N–H and O–H groups in total. The molecule has 0 aromatic heterocycles. The summed E-state index contributed by atoms with van der Waals surface area (Å²) in [6.07, 6.45) is 0. The van der Waals surface area contributed by atoms with E-state index in [0.29, 0.717) is 0 Å². The number of rotatable bonds is 2. The zero-order chi connectivity index (χ0) is 7.28. The van der Waals surface area contributed by atoms with E-state index in [-0.39, 0.29) is 36.2 Å². The van der Waals surface area contributed by atoms with Crippen molar-refractivity contribution >= 4 is 52.3 Å². The van der Waals surface area contributed by atoms with Crippen LogP contribution in [0.1, 0.15) is 6.92 Å². The summed E-state index contributed by atoms with van der Waals surface area (Å²) < 4.78 is 4.33. The molecule has 0 rings (SSSR count). The summed E-state index contributed by atoms with van der Waals surface area (Å²) in [5.74, 6) is -0.818. The average Bonchev–Trinajstić information content (AvgIpc) is 1.87. The molecule has 6 heteroatoms. The number of halogens is 1. The molecule has 4 nitrogen and oxygen atoms in total. The summed E-state index contributed by atoms with van der Waals surface area (Å²) in [6, 6.07) is 0. The first kappa shape index (κ1) is 12.9. The number of nitrogens with zero attached hydrogens (tertiary/aromatic N) is 1. The molecule has 0 aliphatic carbocycles. The Balaban J connectivity index is 0. The Bertz CT molecular complexity index is 138. The van der Waals surface area contributed by atoms with Crippen molar-refractivity contribution in [2.45, 2.75) is 6.92 Å². The molecule has 10 heavy (non-hydrogen) atoms. The van der Waals surface area contributed by atoms with Gasteiger partial charge in [-0.05, 0) is 6.92 Å². The van der Waals surface area contributed by atoms with Crippen LogP contribution in [0.15, 0.2) is 5.16 Å². The first-order chi connectivity index (χ1) is 4.22. The van der Waals surface area contributed by atoms with Crippen LogP contribution in [-0.2, 0) is 9.53 Å². The van der Waals surface area contributed by atoms with E-state index in [1.807, 2.05) is 0 Å². The van der Waals surface area contributed by atoms with E-state index >= 15 is 0 Å². The van der Waals surface area contributed by atoms with E-state index in [9.17, 15) is 4.79 Å². The number of hydrogen-bond acceptors (Lipinski definition) is 4. The maximum atomic E-state index is 10.3. The zero-order valence-corrected chi connectivity index (χ0v) is 5.55. The van der Waals surface area contributed by atoms with Gasteiger partial charge >= 0.3 is 35.5 Å². The van der Waals surface area contributed by atoms with Crippen LogP contribution in [-0.4, -0.2) is 52.5 Å². The molecule has 0 heterocycles. The van der Waals surface area contributed by atoms with E-state index in [1.54, 1.807) is 6.92 Å². The van der Waals surface area contributed by atoms with Crippen molar-refractivity contribution in [3.05, 3.63) is 0 Å². The summed E-state index contributed by atoms with van der Waals surface area (Å²) in [4.78, 5) is 10.3. The maximum absolute atomic E-state index is 10.3. The monoisotopic (exact) mass is 175 g/mol. The zero-order valence-electron chi connectivity index (χ0n) is 4.80. The molecule has 0 fully saturated rings. The van der Waals surface area contributed by atoms with Gasteiger partial charge in [-0.1, -0.05) is 16.8 Å². The molecule has 0 aliphatic rings. The summed E-state index contributed by atoms with van der Waals surface area (Å²) in [5, 5.41) is 9.74. The quantitative estimate of drug-likeness (QED) is 0.210. The molecule has 0 saturated carbocycles. The Labute approximate surface area is 85.5 Å². The predicted molar refractivity (Wildman–Crippen MR) is 38.9 cm³/mol. The van der Waals surface area contributed by atoms with Crippen molar-refractivity contribution in [1.29, 1.82) is 0 Å². The summed E-state index contributed by atoms with van der Waals surface area (Å²) in [5.41, 5.74) is 0. The van der Waals surface area contributed by atoms with Crippen molar-refractivity contribution in [1.82, 2.24) is 0 Å². The van der Waals surface area contributed by atoms with E-state index in [2.05, 4.69) is 9.89 Å². The van der Waals surface area contributed by atoms with Crippen molar-refractivity contribution < 1.29 is 14.7 Å². The van der Waals surface area contributed by atoms with Gasteiger partial charge in [0, 0.05) is 0 Å². The minimum absolute atomic E-state index is 0. The Hall–Kier alpha value is 0.230. The molecule has 0 aliphatic heterocycles. The van der Waals surface area contributed by atoms with Crippen molar-refractivity contribution in [2.75, 3.05) is 6.61 Å². The number of esters is 1. The standard InChI is InChI=1S/C4H6ClNO3.Na.H/c1-2-9-4(7)3(5)6-8;;/h8H,2H2,1H3;;. The van der Waals surface area contributed by atoms with Crippen LogP contribution in [0, 0.1) is 0 Å². The van der Waals surface area contributed by atoms with Crippen molar-refractivity contribution in [2.24, 2.45) is 5.16 Å². The summed E-state index contributed by atoms with van der Waals surface area (Å²) >= 11 is 5.02. The van der Waals surface area contributed by atoms with Gasteiger partial charge in [-0.2, -0.15) is 0 Å². The Morgan fingerprint density at radius 2 is 2.30 bits per heavy atom. The fraction of sp³-hybridized carbons (Fsp3) is 0.500. The Morgan fingerprint density at radius 3 is 2.60 bits per heavy atom. The molecule has 0 bridgehead atoms. The molecular formula is C4H7ClNNaO3. The number of oxime groups is 1. The fourth-order valence-corrected chi connectivity index (χ4v) is 0.286. The third-order valence-corrected chi connectivity index (χ3v) is 0.762. The van der Waals surface area contributed by atoms with E-state index in [1.165, 1.54) is 0 Å². The Kier molecular flexibility index (Phi) is 9.44. The van der Waals surface area contributed by atoms with Crippen LogP contribution in [0.4, 0.5) is 0 Å². The second-order valence-corrected chi connectivity index (χ2v) is 1.47. The van der Waals surface area contributed by atoms with Gasteiger partial charge in [0.2, 0.25) is 0 Å². The molecule has 0 atom stereocenters. The van der Waals surface area contributed by atoms with Gasteiger partial charge in [0.25, 0.3) is 5.17 Å². The third-order valence-electron chi connectivity index (χ3n) is 0.532. The number of hydrogen-bond donors (Lipinski definition) is 1. The third kappa shape index (κ3) is 5.05. The van der Waals surface area contributed by atoms with Gasteiger partial charge in [0.1, 0.15) is 0 Å². The summed E-state index contributed by atoms with van der Waals surface area (Å²) in [6.45, 7) is 1.84. The van der Waals surface area contributed by atoms with E-state index in [4.69, 9.17) is 16.8 Å². The molecule has 54 valence electrons. The predicted octanol–water partition coefficient (Wildman–Crippen LogP) is -0.0725. The first-order valence-electron chi connectivity index (χ1n) is 2.27. The molecule has 0 spiro atoms. The molecular weight excluding hydrogens is 168 g/mol. The SMILES string of the molecule is CCOC(=O)C(Cl)=NO.[NaH]. The van der Waals surface area contributed by atoms with Crippen molar-refractivity contribution in [3.8, 4) is 0 Å². The number of carbonyl (C=O) groups excluding carboxylic acids is 1. The summed E-state index contributed by atoms with van der Waals surface area (Å²) in [7, 11) is 0. The van der Waals surface area contributed by atoms with Gasteiger partial charge in [0.15, 0.2) is 0 Å². The second-order valence-electron chi connectivity index (χ2n) is 1.11. The molecule has 0 unspecified atom stereocenters.